The summed E-state index contributed by atoms with van der Waals surface area (Å²) < 4.78 is 0. The van der Waals surface area contributed by atoms with Gasteiger partial charge in [-0.2, -0.15) is 0 Å². The van der Waals surface area contributed by atoms with E-state index >= 15 is 0 Å². The zero-order chi connectivity index (χ0) is 9.56. The summed E-state index contributed by atoms with van der Waals surface area (Å²) in [5, 5.41) is 11.5. The first kappa shape index (κ1) is 11.4. The van der Waals surface area contributed by atoms with Gasteiger partial charge in [-0.15, -0.1) is 0 Å². The lowest BCUT2D eigenvalue weighted by molar-refractivity contribution is -0.138. The van der Waals surface area contributed by atoms with E-state index in [1.54, 1.807) is 0 Å². The molecule has 0 radical (unpaired) electrons. The predicted octanol–water partition coefficient (Wildman–Crippen LogP) is 0.177. The number of hydrogen-bond acceptors (Lipinski definition) is 3. The second kappa shape index (κ2) is 5.97. The van der Waals surface area contributed by atoms with E-state index in [4.69, 9.17) is 10.8 Å². The molecule has 2 unspecified atom stereocenters. The maximum atomic E-state index is 10.3. The fourth-order valence-corrected chi connectivity index (χ4v) is 0.951. The molecule has 0 spiro atoms. The van der Waals surface area contributed by atoms with Crippen LogP contribution in [0.3, 0.4) is 0 Å². The zero-order valence-electron chi connectivity index (χ0n) is 7.71. The Labute approximate surface area is 73.1 Å². The summed E-state index contributed by atoms with van der Waals surface area (Å²) in [6.07, 6.45) is 2.14. The number of carbonyl (C=O) groups is 1. The first-order valence-corrected chi connectivity index (χ1v) is 4.29. The van der Waals surface area contributed by atoms with E-state index in [0.717, 1.165) is 12.8 Å². The van der Waals surface area contributed by atoms with E-state index in [-0.39, 0.29) is 0 Å². The summed E-state index contributed by atoms with van der Waals surface area (Å²) >= 11 is 0. The standard InChI is InChI=1S/C8H18N2O2/c1-3-4-6(2)10-5-7(9)8(11)12/h6-7,10H,3-5,9H2,1-2H3,(H,11,12). The largest absolute Gasteiger partial charge is 0.480 e. The van der Waals surface area contributed by atoms with Crippen LogP contribution in [0.25, 0.3) is 0 Å². The number of carboxylic acids is 1. The molecule has 0 heterocycles. The van der Waals surface area contributed by atoms with E-state index in [0.29, 0.717) is 12.6 Å². The average molecular weight is 174 g/mol. The molecule has 0 amide bonds. The van der Waals surface area contributed by atoms with Crippen LogP contribution in [0.1, 0.15) is 26.7 Å². The second-order valence-electron chi connectivity index (χ2n) is 3.04. The number of rotatable bonds is 6. The predicted molar refractivity (Wildman–Crippen MR) is 48.0 cm³/mol. The van der Waals surface area contributed by atoms with E-state index in [1.165, 1.54) is 0 Å². The van der Waals surface area contributed by atoms with Crippen LogP contribution in [0.15, 0.2) is 0 Å². The molecule has 0 saturated carbocycles. The fourth-order valence-electron chi connectivity index (χ4n) is 0.951. The molecule has 0 aromatic heterocycles. The van der Waals surface area contributed by atoms with Gasteiger partial charge in [-0.3, -0.25) is 4.79 Å². The summed E-state index contributed by atoms with van der Waals surface area (Å²) in [6.45, 7) is 4.46. The molecule has 2 atom stereocenters. The molecular weight excluding hydrogens is 156 g/mol. The summed E-state index contributed by atoms with van der Waals surface area (Å²) in [7, 11) is 0. The highest BCUT2D eigenvalue weighted by Crippen LogP contribution is 1.94. The molecule has 0 aromatic carbocycles. The lowest BCUT2D eigenvalue weighted by Gasteiger charge is -2.14. The first-order valence-electron chi connectivity index (χ1n) is 4.29. The van der Waals surface area contributed by atoms with Gasteiger partial charge in [0.2, 0.25) is 0 Å². The fraction of sp³-hybridized carbons (Fsp3) is 0.875. The third-order valence-electron chi connectivity index (χ3n) is 1.73. The Morgan fingerprint density at radius 2 is 2.25 bits per heavy atom. The molecule has 72 valence electrons. The Kier molecular flexibility index (Phi) is 5.66. The van der Waals surface area contributed by atoms with Gasteiger partial charge >= 0.3 is 5.97 Å². The Balaban J connectivity index is 3.46. The highest BCUT2D eigenvalue weighted by atomic mass is 16.4. The molecule has 0 aliphatic heterocycles. The third-order valence-corrected chi connectivity index (χ3v) is 1.73. The Hall–Kier alpha value is -0.610. The van der Waals surface area contributed by atoms with Crippen LogP contribution >= 0.6 is 0 Å². The first-order chi connectivity index (χ1) is 5.57. The minimum atomic E-state index is -0.953. The molecule has 0 aromatic rings. The molecule has 0 bridgehead atoms. The molecular formula is C8H18N2O2. The molecule has 0 fully saturated rings. The number of hydrogen-bond donors (Lipinski definition) is 3. The van der Waals surface area contributed by atoms with Crippen molar-refractivity contribution in [3.8, 4) is 0 Å². The number of carboxylic acid groups (broad SMARTS) is 1. The van der Waals surface area contributed by atoms with Crippen molar-refractivity contribution in [3.05, 3.63) is 0 Å². The van der Waals surface area contributed by atoms with Crippen molar-refractivity contribution in [2.75, 3.05) is 6.54 Å². The van der Waals surface area contributed by atoms with E-state index < -0.39 is 12.0 Å². The molecule has 4 nitrogen and oxygen atoms in total. The molecule has 12 heavy (non-hydrogen) atoms. The highest BCUT2D eigenvalue weighted by molar-refractivity contribution is 5.73. The molecule has 4 heteroatoms. The van der Waals surface area contributed by atoms with Gasteiger partial charge in [-0.1, -0.05) is 13.3 Å². The van der Waals surface area contributed by atoms with Gasteiger partial charge in [-0.25, -0.2) is 0 Å². The Bertz CT molecular complexity index is 139. The van der Waals surface area contributed by atoms with Gasteiger partial charge < -0.3 is 16.2 Å². The van der Waals surface area contributed by atoms with Crippen molar-refractivity contribution in [2.45, 2.75) is 38.8 Å². The van der Waals surface area contributed by atoms with Gasteiger partial charge in [0.25, 0.3) is 0 Å². The maximum absolute atomic E-state index is 10.3. The topological polar surface area (TPSA) is 75.3 Å². The van der Waals surface area contributed by atoms with E-state index in [9.17, 15) is 4.79 Å². The van der Waals surface area contributed by atoms with Crippen LogP contribution in [0.2, 0.25) is 0 Å². The van der Waals surface area contributed by atoms with Crippen LogP contribution in [0.5, 0.6) is 0 Å². The van der Waals surface area contributed by atoms with Crippen molar-refractivity contribution in [1.29, 1.82) is 0 Å². The number of aliphatic carboxylic acids is 1. The van der Waals surface area contributed by atoms with Gasteiger partial charge in [0.15, 0.2) is 0 Å². The van der Waals surface area contributed by atoms with Crippen molar-refractivity contribution >= 4 is 5.97 Å². The maximum Gasteiger partial charge on any atom is 0.321 e. The highest BCUT2D eigenvalue weighted by Gasteiger charge is 2.11. The lowest BCUT2D eigenvalue weighted by Crippen LogP contribution is -2.43. The van der Waals surface area contributed by atoms with Crippen molar-refractivity contribution < 1.29 is 9.90 Å². The van der Waals surface area contributed by atoms with Gasteiger partial charge in [0, 0.05) is 12.6 Å². The summed E-state index contributed by atoms with van der Waals surface area (Å²) in [4.78, 5) is 10.3. The second-order valence-corrected chi connectivity index (χ2v) is 3.04. The molecule has 4 N–H and O–H groups in total. The van der Waals surface area contributed by atoms with Crippen LogP contribution < -0.4 is 11.1 Å². The molecule has 0 saturated heterocycles. The zero-order valence-corrected chi connectivity index (χ0v) is 7.71. The van der Waals surface area contributed by atoms with E-state index in [2.05, 4.69) is 12.2 Å². The average Bonchev–Trinajstić information content (AvgIpc) is 2.00. The van der Waals surface area contributed by atoms with Gasteiger partial charge in [0.05, 0.1) is 0 Å². The summed E-state index contributed by atoms with van der Waals surface area (Å²) in [5.41, 5.74) is 5.30. The monoisotopic (exact) mass is 174 g/mol. The smallest absolute Gasteiger partial charge is 0.321 e. The molecule has 0 rings (SSSR count). The van der Waals surface area contributed by atoms with Crippen molar-refractivity contribution in [1.82, 2.24) is 5.32 Å². The quantitative estimate of drug-likeness (QED) is 0.537. The molecule has 0 aliphatic rings. The Morgan fingerprint density at radius 1 is 1.67 bits per heavy atom. The van der Waals surface area contributed by atoms with Crippen molar-refractivity contribution in [2.24, 2.45) is 5.73 Å². The molecule has 0 aliphatic carbocycles. The minimum absolute atomic E-state index is 0.344. The SMILES string of the molecule is CCCC(C)NCC(N)C(=O)O. The lowest BCUT2D eigenvalue weighted by atomic mass is 10.2. The van der Waals surface area contributed by atoms with Crippen LogP contribution in [0, 0.1) is 0 Å². The normalized spacial score (nSPS) is 15.6. The summed E-state index contributed by atoms with van der Waals surface area (Å²) in [6, 6.07) is -0.440. The van der Waals surface area contributed by atoms with Crippen molar-refractivity contribution in [3.63, 3.8) is 0 Å². The van der Waals surface area contributed by atoms with Crippen LogP contribution in [-0.2, 0) is 4.79 Å². The van der Waals surface area contributed by atoms with Crippen LogP contribution in [-0.4, -0.2) is 29.7 Å². The number of nitrogens with one attached hydrogen (secondary N) is 1. The van der Waals surface area contributed by atoms with Crippen LogP contribution in [0.4, 0.5) is 0 Å². The summed E-state index contributed by atoms with van der Waals surface area (Å²) in [5.74, 6) is -0.953. The van der Waals surface area contributed by atoms with Gasteiger partial charge in [-0.05, 0) is 13.3 Å². The van der Waals surface area contributed by atoms with Gasteiger partial charge in [0.1, 0.15) is 6.04 Å². The number of nitrogens with two attached hydrogens (primary N) is 1. The third kappa shape index (κ3) is 5.09. The Morgan fingerprint density at radius 3 is 2.67 bits per heavy atom. The minimum Gasteiger partial charge on any atom is -0.480 e. The van der Waals surface area contributed by atoms with E-state index in [1.807, 2.05) is 6.92 Å².